The van der Waals surface area contributed by atoms with Crippen LogP contribution in [-0.4, -0.2) is 51.7 Å². The van der Waals surface area contributed by atoms with E-state index in [1.807, 2.05) is 39.1 Å². The molecule has 1 atom stereocenters. The molecule has 4 heteroatoms. The Morgan fingerprint density at radius 3 is 2.29 bits per heavy atom. The maximum Gasteiger partial charge on any atom is 0.119 e. The molecule has 1 saturated heterocycles. The van der Waals surface area contributed by atoms with E-state index in [0.717, 1.165) is 25.2 Å². The van der Waals surface area contributed by atoms with Crippen LogP contribution in [0.5, 0.6) is 0 Å². The largest absolute Gasteiger partial charge is 0.378 e. The zero-order chi connectivity index (χ0) is 18.2. The quantitative estimate of drug-likeness (QED) is 0.562. The molecule has 136 valence electrons. The third-order valence-electron chi connectivity index (χ3n) is 4.30. The average Bonchev–Trinajstić information content (AvgIpc) is 3.03. The number of carbonyl (C=O) groups is 2. The Hall–Kier alpha value is -1.68. The van der Waals surface area contributed by atoms with Crippen molar-refractivity contribution in [3.63, 3.8) is 0 Å². The van der Waals surface area contributed by atoms with Gasteiger partial charge in [-0.2, -0.15) is 0 Å². The number of carbonyl (C=O) groups excluding carboxylic acids is 2. The number of rotatable bonds is 7. The van der Waals surface area contributed by atoms with Crippen molar-refractivity contribution in [2.45, 2.75) is 51.0 Å². The monoisotopic (exact) mass is 334 g/mol. The fourth-order valence-corrected chi connectivity index (χ4v) is 2.85. The van der Waals surface area contributed by atoms with Crippen LogP contribution in [0.1, 0.15) is 44.9 Å². The van der Waals surface area contributed by atoms with E-state index in [-0.39, 0.29) is 0 Å². The highest BCUT2D eigenvalue weighted by Crippen LogP contribution is 2.20. The molecule has 24 heavy (non-hydrogen) atoms. The van der Waals surface area contributed by atoms with Gasteiger partial charge < -0.3 is 19.4 Å². The molecule has 0 amide bonds. The number of unbranched alkanes of at least 4 members (excludes halogenated alkanes) is 3. The standard InChI is InChI=1S/C11H21NO.C8H11N.CH2O/c1-12-9-6-8-11(12)7-4-2-3-5-10-13;1-9(2)8-6-4-3-5-7-8;1-2/h10-11H,2-9H2,1H3;3-7H,1-2H3;1H2/t11-;;/m0../s1. The molecular weight excluding hydrogens is 300 g/mol. The first kappa shape index (κ1) is 22.3. The van der Waals surface area contributed by atoms with Crippen molar-refractivity contribution in [1.82, 2.24) is 4.90 Å². The van der Waals surface area contributed by atoms with Crippen LogP contribution in [-0.2, 0) is 9.59 Å². The Labute approximate surface area is 147 Å². The third-order valence-corrected chi connectivity index (χ3v) is 4.30. The Balaban J connectivity index is 0.000000420. The summed E-state index contributed by atoms with van der Waals surface area (Å²) in [6, 6.07) is 11.1. The Kier molecular flexibility index (Phi) is 13.8. The number of para-hydroxylation sites is 1. The molecule has 1 fully saturated rings. The molecule has 0 bridgehead atoms. The highest BCUT2D eigenvalue weighted by atomic mass is 16.1. The van der Waals surface area contributed by atoms with Gasteiger partial charge in [-0.05, 0) is 51.4 Å². The van der Waals surface area contributed by atoms with Gasteiger partial charge in [0.25, 0.3) is 0 Å². The van der Waals surface area contributed by atoms with E-state index in [9.17, 15) is 4.79 Å². The molecule has 1 aliphatic heterocycles. The average molecular weight is 335 g/mol. The van der Waals surface area contributed by atoms with E-state index in [1.165, 1.54) is 44.3 Å². The minimum Gasteiger partial charge on any atom is -0.378 e. The fourth-order valence-electron chi connectivity index (χ4n) is 2.85. The predicted molar refractivity (Wildman–Crippen MR) is 103 cm³/mol. The van der Waals surface area contributed by atoms with E-state index >= 15 is 0 Å². The summed E-state index contributed by atoms with van der Waals surface area (Å²) in [7, 11) is 6.30. The summed E-state index contributed by atoms with van der Waals surface area (Å²) in [5, 5.41) is 0. The van der Waals surface area contributed by atoms with Gasteiger partial charge in [-0.15, -0.1) is 0 Å². The van der Waals surface area contributed by atoms with Gasteiger partial charge in [0, 0.05) is 32.2 Å². The first-order valence-corrected chi connectivity index (χ1v) is 8.80. The van der Waals surface area contributed by atoms with Gasteiger partial charge in [0.1, 0.15) is 13.1 Å². The Morgan fingerprint density at radius 1 is 1.17 bits per heavy atom. The van der Waals surface area contributed by atoms with E-state index in [2.05, 4.69) is 29.0 Å². The number of benzene rings is 1. The lowest BCUT2D eigenvalue weighted by molar-refractivity contribution is -0.108. The van der Waals surface area contributed by atoms with Crippen LogP contribution in [0.15, 0.2) is 30.3 Å². The molecule has 0 saturated carbocycles. The maximum absolute atomic E-state index is 10.1. The first-order valence-electron chi connectivity index (χ1n) is 8.80. The molecule has 4 nitrogen and oxygen atoms in total. The van der Waals surface area contributed by atoms with Gasteiger partial charge in [0.15, 0.2) is 0 Å². The predicted octanol–water partition coefficient (Wildman–Crippen LogP) is 3.80. The van der Waals surface area contributed by atoms with Gasteiger partial charge in [-0.25, -0.2) is 0 Å². The third kappa shape index (κ3) is 10.2. The molecule has 1 aromatic rings. The number of likely N-dealkylation sites (tertiary alicyclic amines) is 1. The van der Waals surface area contributed by atoms with Crippen molar-refractivity contribution in [2.24, 2.45) is 0 Å². The Bertz CT molecular complexity index is 409. The second-order valence-corrected chi connectivity index (χ2v) is 6.31. The van der Waals surface area contributed by atoms with E-state index < -0.39 is 0 Å². The maximum atomic E-state index is 10.1. The van der Waals surface area contributed by atoms with Crippen molar-refractivity contribution in [2.75, 3.05) is 32.6 Å². The van der Waals surface area contributed by atoms with Crippen LogP contribution in [0.2, 0.25) is 0 Å². The molecule has 0 spiro atoms. The van der Waals surface area contributed by atoms with E-state index in [4.69, 9.17) is 4.79 Å². The number of hydrogen-bond acceptors (Lipinski definition) is 4. The van der Waals surface area contributed by atoms with Gasteiger partial charge in [0.05, 0.1) is 0 Å². The number of aldehydes is 1. The molecule has 0 aromatic heterocycles. The second kappa shape index (κ2) is 14.9. The van der Waals surface area contributed by atoms with Crippen LogP contribution in [0, 0.1) is 0 Å². The van der Waals surface area contributed by atoms with Gasteiger partial charge in [0.2, 0.25) is 0 Å². The van der Waals surface area contributed by atoms with Crippen LogP contribution in [0.4, 0.5) is 5.69 Å². The number of nitrogens with zero attached hydrogens (tertiary/aromatic N) is 2. The zero-order valence-corrected chi connectivity index (χ0v) is 15.6. The SMILES string of the molecule is C=O.CN(C)c1ccccc1.CN1CCC[C@@H]1CCCCCC=O. The van der Waals surface area contributed by atoms with E-state index in [0.29, 0.717) is 0 Å². The van der Waals surface area contributed by atoms with Gasteiger partial charge in [-0.3, -0.25) is 0 Å². The molecule has 0 unspecified atom stereocenters. The molecule has 0 aliphatic carbocycles. The van der Waals surface area contributed by atoms with Crippen LogP contribution in [0.3, 0.4) is 0 Å². The minimum absolute atomic E-state index is 0.751. The lowest BCUT2D eigenvalue weighted by atomic mass is 10.1. The molecule has 1 aliphatic rings. The summed E-state index contributed by atoms with van der Waals surface area (Å²) in [6.07, 6.45) is 9.46. The normalized spacial score (nSPS) is 16.4. The summed E-state index contributed by atoms with van der Waals surface area (Å²) in [5.41, 5.74) is 1.25. The highest BCUT2D eigenvalue weighted by molar-refractivity contribution is 5.48. The summed E-state index contributed by atoms with van der Waals surface area (Å²) < 4.78 is 0. The second-order valence-electron chi connectivity index (χ2n) is 6.31. The van der Waals surface area contributed by atoms with Crippen LogP contribution >= 0.6 is 0 Å². The molecule has 0 radical (unpaired) electrons. The zero-order valence-electron chi connectivity index (χ0n) is 15.6. The molecule has 1 heterocycles. The van der Waals surface area contributed by atoms with Crippen molar-refractivity contribution in [1.29, 1.82) is 0 Å². The fraction of sp³-hybridized carbons (Fsp3) is 0.600. The first-order chi connectivity index (χ1) is 11.6. The van der Waals surface area contributed by atoms with Gasteiger partial charge in [-0.1, -0.05) is 31.0 Å². The lowest BCUT2D eigenvalue weighted by Gasteiger charge is -2.18. The molecule has 0 N–H and O–H groups in total. The summed E-state index contributed by atoms with van der Waals surface area (Å²) in [6.45, 7) is 3.28. The van der Waals surface area contributed by atoms with Crippen molar-refractivity contribution >= 4 is 18.8 Å². The Morgan fingerprint density at radius 2 is 1.83 bits per heavy atom. The highest BCUT2D eigenvalue weighted by Gasteiger charge is 2.19. The lowest BCUT2D eigenvalue weighted by Crippen LogP contribution is -2.24. The summed E-state index contributed by atoms with van der Waals surface area (Å²) >= 11 is 0. The van der Waals surface area contributed by atoms with Crippen LogP contribution < -0.4 is 4.90 Å². The van der Waals surface area contributed by atoms with E-state index in [1.54, 1.807) is 0 Å². The smallest absolute Gasteiger partial charge is 0.119 e. The molecule has 2 rings (SSSR count). The topological polar surface area (TPSA) is 40.6 Å². The van der Waals surface area contributed by atoms with Crippen LogP contribution in [0.25, 0.3) is 0 Å². The molecular formula is C20H34N2O2. The summed E-state index contributed by atoms with van der Waals surface area (Å²) in [5.74, 6) is 0. The van der Waals surface area contributed by atoms with Gasteiger partial charge >= 0.3 is 0 Å². The number of anilines is 1. The van der Waals surface area contributed by atoms with Crippen molar-refractivity contribution in [3.05, 3.63) is 30.3 Å². The van der Waals surface area contributed by atoms with Crippen molar-refractivity contribution in [3.8, 4) is 0 Å². The number of hydrogen-bond donors (Lipinski definition) is 0. The van der Waals surface area contributed by atoms with Crippen molar-refractivity contribution < 1.29 is 9.59 Å². The molecule has 1 aromatic carbocycles. The minimum atomic E-state index is 0.751. The summed E-state index contributed by atoms with van der Waals surface area (Å²) in [4.78, 5) is 22.6.